The molecule has 5 aromatic rings. The van der Waals surface area contributed by atoms with Crippen molar-refractivity contribution < 1.29 is 0 Å². The number of aliphatic imine (C=N–C) groups is 1. The molecule has 5 heterocycles. The Hall–Kier alpha value is -4.67. The average Bonchev–Trinajstić information content (AvgIpc) is 3.73. The lowest BCUT2D eigenvalue weighted by Crippen LogP contribution is -2.36. The third kappa shape index (κ3) is 4.99. The van der Waals surface area contributed by atoms with Gasteiger partial charge in [-0.05, 0) is 37.1 Å². The van der Waals surface area contributed by atoms with Crippen molar-refractivity contribution in [3.05, 3.63) is 90.5 Å². The zero-order chi connectivity index (χ0) is 28.5. The van der Waals surface area contributed by atoms with Gasteiger partial charge in [-0.2, -0.15) is 10.2 Å². The van der Waals surface area contributed by atoms with Crippen LogP contribution in [0.2, 0.25) is 0 Å². The van der Waals surface area contributed by atoms with Crippen LogP contribution in [-0.2, 0) is 6.54 Å². The Morgan fingerprint density at radius 1 is 0.929 bits per heavy atom. The lowest BCUT2D eigenvalue weighted by molar-refractivity contribution is 0.174. The highest BCUT2D eigenvalue weighted by Gasteiger charge is 2.29. The Morgan fingerprint density at radius 3 is 2.48 bits per heavy atom. The molecule has 42 heavy (non-hydrogen) atoms. The first kappa shape index (κ1) is 26.2. The minimum absolute atomic E-state index is 0.111. The van der Waals surface area contributed by atoms with E-state index in [1.165, 1.54) is 11.9 Å². The number of aromatic nitrogens is 6. The van der Waals surface area contributed by atoms with Gasteiger partial charge in [0.05, 0.1) is 29.8 Å². The molecule has 1 atom stereocenters. The molecule has 2 N–H and O–H groups in total. The molecular formula is C32H34N10. The van der Waals surface area contributed by atoms with Gasteiger partial charge in [-0.15, -0.1) is 0 Å². The lowest BCUT2D eigenvalue weighted by atomic mass is 9.97. The number of benzene rings is 2. The summed E-state index contributed by atoms with van der Waals surface area (Å²) < 4.78 is 2.14. The number of hydrogen-bond acceptors (Lipinski definition) is 8. The summed E-state index contributed by atoms with van der Waals surface area (Å²) in [6.45, 7) is 2.99. The van der Waals surface area contributed by atoms with Crippen molar-refractivity contribution in [3.8, 4) is 33.8 Å². The maximum Gasteiger partial charge on any atom is 0.159 e. The molecule has 2 aliphatic rings. The van der Waals surface area contributed by atoms with Crippen molar-refractivity contribution in [2.24, 2.45) is 4.99 Å². The van der Waals surface area contributed by atoms with Crippen LogP contribution in [0.5, 0.6) is 0 Å². The Balaban J connectivity index is 1.05. The monoisotopic (exact) mass is 558 g/mol. The van der Waals surface area contributed by atoms with Gasteiger partial charge in [-0.3, -0.25) is 20.3 Å². The van der Waals surface area contributed by atoms with Crippen LogP contribution >= 0.6 is 0 Å². The van der Waals surface area contributed by atoms with Crippen LogP contribution in [0.25, 0.3) is 33.8 Å². The molecule has 0 amide bonds. The van der Waals surface area contributed by atoms with Gasteiger partial charge in [-0.25, -0.2) is 14.7 Å². The molecule has 2 aromatic carbocycles. The summed E-state index contributed by atoms with van der Waals surface area (Å²) in [6, 6.07) is 21.7. The number of nitrogens with one attached hydrogen (secondary N) is 2. The number of likely N-dealkylation sites (tertiary alicyclic amines) is 1. The molecule has 0 spiro atoms. The smallest absolute Gasteiger partial charge is 0.159 e. The van der Waals surface area contributed by atoms with Gasteiger partial charge >= 0.3 is 0 Å². The molecule has 1 fully saturated rings. The molecule has 0 aliphatic carbocycles. The van der Waals surface area contributed by atoms with Gasteiger partial charge in [-0.1, -0.05) is 54.6 Å². The summed E-state index contributed by atoms with van der Waals surface area (Å²) >= 11 is 0. The maximum atomic E-state index is 4.88. The van der Waals surface area contributed by atoms with Gasteiger partial charge in [0.25, 0.3) is 0 Å². The minimum atomic E-state index is 0.111. The first-order valence-corrected chi connectivity index (χ1v) is 14.4. The molecule has 2 aliphatic heterocycles. The highest BCUT2D eigenvalue weighted by molar-refractivity contribution is 5.83. The highest BCUT2D eigenvalue weighted by atomic mass is 15.4. The molecule has 1 unspecified atom stereocenters. The Morgan fingerprint density at radius 2 is 1.74 bits per heavy atom. The molecule has 0 bridgehead atoms. The standard InChI is InChI=1S/C32H34N10/c1-33-31-28-18-38-42(32(28)36-21-40(31)2)26-12-14-41(15-13-26)19-22-8-10-24(11-9-22)29-27(23-6-4-3-5-7-23)16-25(17-34-29)30-35-20-37-39-30/h3-11,16-18,20-21,26,31,33H,12-15,19H2,1-2H3,(H,35,37,39). The van der Waals surface area contributed by atoms with Crippen molar-refractivity contribution in [1.82, 2.24) is 45.1 Å². The SMILES string of the molecule is CNC1c2cnn(C3CCN(Cc4ccc(-c5ncc(-c6ncn[nH]6)cc5-c5ccccc5)cc4)CC3)c2N=CN1C. The second kappa shape index (κ2) is 11.3. The van der Waals surface area contributed by atoms with Crippen LogP contribution in [0, 0.1) is 0 Å². The van der Waals surface area contributed by atoms with Crippen LogP contribution in [0.3, 0.4) is 0 Å². The van der Waals surface area contributed by atoms with E-state index in [4.69, 9.17) is 15.1 Å². The summed E-state index contributed by atoms with van der Waals surface area (Å²) in [4.78, 5) is 18.5. The molecule has 7 rings (SSSR count). The normalized spacial score (nSPS) is 17.5. The van der Waals surface area contributed by atoms with Crippen LogP contribution in [0.15, 0.2) is 84.4 Å². The van der Waals surface area contributed by atoms with E-state index < -0.39 is 0 Å². The van der Waals surface area contributed by atoms with Crippen molar-refractivity contribution in [2.45, 2.75) is 31.6 Å². The minimum Gasteiger partial charge on any atom is -0.346 e. The number of hydrogen-bond donors (Lipinski definition) is 2. The third-order valence-corrected chi connectivity index (χ3v) is 8.33. The summed E-state index contributed by atoms with van der Waals surface area (Å²) in [7, 11) is 4.01. The van der Waals surface area contributed by atoms with E-state index in [0.717, 1.165) is 71.8 Å². The van der Waals surface area contributed by atoms with Crippen LogP contribution in [0.4, 0.5) is 5.82 Å². The van der Waals surface area contributed by atoms with E-state index in [2.05, 4.69) is 89.6 Å². The molecule has 10 heteroatoms. The molecule has 1 saturated heterocycles. The van der Waals surface area contributed by atoms with E-state index in [1.54, 1.807) is 0 Å². The predicted octanol–water partition coefficient (Wildman–Crippen LogP) is 5.06. The second-order valence-electron chi connectivity index (χ2n) is 11.0. The largest absolute Gasteiger partial charge is 0.346 e. The third-order valence-electron chi connectivity index (χ3n) is 8.33. The summed E-state index contributed by atoms with van der Waals surface area (Å²) in [5.74, 6) is 1.69. The zero-order valence-electron chi connectivity index (χ0n) is 23.9. The number of H-pyrrole nitrogens is 1. The van der Waals surface area contributed by atoms with Crippen molar-refractivity contribution >= 4 is 12.2 Å². The fourth-order valence-electron chi connectivity index (χ4n) is 6.11. The zero-order valence-corrected chi connectivity index (χ0v) is 23.9. The summed E-state index contributed by atoms with van der Waals surface area (Å²) in [5.41, 5.74) is 7.58. The average molecular weight is 559 g/mol. The Labute approximate surface area is 245 Å². The molecule has 10 nitrogen and oxygen atoms in total. The van der Waals surface area contributed by atoms with E-state index in [9.17, 15) is 0 Å². The number of pyridine rings is 1. The second-order valence-corrected chi connectivity index (χ2v) is 11.0. The summed E-state index contributed by atoms with van der Waals surface area (Å²) in [6.07, 6.45) is 9.47. The van der Waals surface area contributed by atoms with Crippen LogP contribution < -0.4 is 5.32 Å². The van der Waals surface area contributed by atoms with Gasteiger partial charge < -0.3 is 4.90 Å². The van der Waals surface area contributed by atoms with Gasteiger partial charge in [0.15, 0.2) is 11.6 Å². The Bertz CT molecular complexity index is 1670. The van der Waals surface area contributed by atoms with Crippen LogP contribution in [0.1, 0.15) is 36.2 Å². The van der Waals surface area contributed by atoms with E-state index in [1.807, 2.05) is 38.9 Å². The van der Waals surface area contributed by atoms with E-state index in [-0.39, 0.29) is 6.17 Å². The van der Waals surface area contributed by atoms with Crippen molar-refractivity contribution in [2.75, 3.05) is 27.2 Å². The number of piperidine rings is 1. The maximum absolute atomic E-state index is 4.88. The van der Waals surface area contributed by atoms with Gasteiger partial charge in [0.1, 0.15) is 12.5 Å². The van der Waals surface area contributed by atoms with Gasteiger partial charge in [0, 0.05) is 49.6 Å². The highest BCUT2D eigenvalue weighted by Crippen LogP contribution is 2.36. The predicted molar refractivity (Wildman–Crippen MR) is 164 cm³/mol. The van der Waals surface area contributed by atoms with E-state index in [0.29, 0.717) is 11.9 Å². The fourth-order valence-corrected chi connectivity index (χ4v) is 6.11. The number of fused-ring (bicyclic) bond motifs is 1. The molecule has 212 valence electrons. The molecular weight excluding hydrogens is 524 g/mol. The molecule has 0 radical (unpaired) electrons. The Kier molecular flexibility index (Phi) is 7.06. The van der Waals surface area contributed by atoms with Crippen LogP contribution in [-0.4, -0.2) is 73.3 Å². The first-order chi connectivity index (χ1) is 20.7. The number of aromatic amines is 1. The van der Waals surface area contributed by atoms with Gasteiger partial charge in [0.2, 0.25) is 0 Å². The molecule has 3 aromatic heterocycles. The van der Waals surface area contributed by atoms with Crippen molar-refractivity contribution in [3.63, 3.8) is 0 Å². The molecule has 0 saturated carbocycles. The van der Waals surface area contributed by atoms with E-state index >= 15 is 0 Å². The lowest BCUT2D eigenvalue weighted by Gasteiger charge is -2.33. The topological polar surface area (TPSA) is 103 Å². The first-order valence-electron chi connectivity index (χ1n) is 14.4. The quantitative estimate of drug-likeness (QED) is 0.288. The summed E-state index contributed by atoms with van der Waals surface area (Å²) in [5, 5.41) is 15.1. The number of nitrogens with zero attached hydrogens (tertiary/aromatic N) is 8. The van der Waals surface area contributed by atoms with Crippen molar-refractivity contribution in [1.29, 1.82) is 0 Å². The fraction of sp³-hybridized carbons (Fsp3) is 0.281. The number of rotatable bonds is 7.